The van der Waals surface area contributed by atoms with Crippen molar-refractivity contribution in [3.05, 3.63) is 54.1 Å². The number of rotatable bonds is 8. The lowest BCUT2D eigenvalue weighted by atomic mass is 10.2. The standard InChI is InChI=1S/C20H24N2O3/c1-4-24-18-11-7-17(8-12-18)21-13-16-5-9-19(10-6-16)25-14-20(23)22-15(2)3/h5-13,15H,4,14H2,1-3H3,(H,22,23). The van der Waals surface area contributed by atoms with Crippen LogP contribution in [-0.2, 0) is 4.79 Å². The van der Waals surface area contributed by atoms with Gasteiger partial charge in [-0.05, 0) is 74.9 Å². The van der Waals surface area contributed by atoms with Crippen LogP contribution in [0.2, 0.25) is 0 Å². The maximum atomic E-state index is 11.6. The number of carbonyl (C=O) groups is 1. The highest BCUT2D eigenvalue weighted by molar-refractivity contribution is 5.82. The van der Waals surface area contributed by atoms with Crippen molar-refractivity contribution >= 4 is 17.8 Å². The highest BCUT2D eigenvalue weighted by Gasteiger charge is 2.04. The number of ether oxygens (including phenoxy) is 2. The number of nitrogens with zero attached hydrogens (tertiary/aromatic N) is 1. The van der Waals surface area contributed by atoms with Crippen LogP contribution in [-0.4, -0.2) is 31.4 Å². The Bertz CT molecular complexity index is 692. The zero-order valence-corrected chi connectivity index (χ0v) is 14.9. The first-order chi connectivity index (χ1) is 12.1. The van der Waals surface area contributed by atoms with Crippen molar-refractivity contribution in [3.63, 3.8) is 0 Å². The van der Waals surface area contributed by atoms with E-state index < -0.39 is 0 Å². The monoisotopic (exact) mass is 340 g/mol. The van der Waals surface area contributed by atoms with Crippen molar-refractivity contribution < 1.29 is 14.3 Å². The van der Waals surface area contributed by atoms with E-state index in [9.17, 15) is 4.79 Å². The van der Waals surface area contributed by atoms with Gasteiger partial charge in [-0.1, -0.05) is 0 Å². The maximum absolute atomic E-state index is 11.6. The van der Waals surface area contributed by atoms with Crippen LogP contribution in [0.15, 0.2) is 53.5 Å². The minimum atomic E-state index is -0.129. The van der Waals surface area contributed by atoms with Crippen LogP contribution < -0.4 is 14.8 Å². The molecular formula is C20H24N2O3. The largest absolute Gasteiger partial charge is 0.494 e. The van der Waals surface area contributed by atoms with Crippen molar-refractivity contribution in [1.82, 2.24) is 5.32 Å². The lowest BCUT2D eigenvalue weighted by Gasteiger charge is -2.09. The Morgan fingerprint density at radius 1 is 1.04 bits per heavy atom. The second kappa shape index (κ2) is 9.47. The average Bonchev–Trinajstić information content (AvgIpc) is 2.60. The number of benzene rings is 2. The van der Waals surface area contributed by atoms with E-state index in [-0.39, 0.29) is 18.6 Å². The number of carbonyl (C=O) groups excluding carboxylic acids is 1. The van der Waals surface area contributed by atoms with E-state index in [0.717, 1.165) is 17.0 Å². The molecule has 5 heteroatoms. The molecule has 0 saturated carbocycles. The van der Waals surface area contributed by atoms with Gasteiger partial charge in [0.05, 0.1) is 12.3 Å². The van der Waals surface area contributed by atoms with E-state index in [1.807, 2.05) is 69.3 Å². The number of aliphatic imine (C=N–C) groups is 1. The van der Waals surface area contributed by atoms with Gasteiger partial charge in [-0.25, -0.2) is 0 Å². The van der Waals surface area contributed by atoms with Crippen molar-refractivity contribution in [2.45, 2.75) is 26.8 Å². The molecule has 0 radical (unpaired) electrons. The predicted octanol–water partition coefficient (Wildman–Crippen LogP) is 3.74. The van der Waals surface area contributed by atoms with Crippen molar-refractivity contribution in [2.24, 2.45) is 4.99 Å². The van der Waals surface area contributed by atoms with Crippen LogP contribution in [0.25, 0.3) is 0 Å². The topological polar surface area (TPSA) is 59.9 Å². The molecule has 132 valence electrons. The lowest BCUT2D eigenvalue weighted by Crippen LogP contribution is -2.34. The summed E-state index contributed by atoms with van der Waals surface area (Å²) in [5.41, 5.74) is 1.81. The molecule has 2 aromatic rings. The summed E-state index contributed by atoms with van der Waals surface area (Å²) in [7, 11) is 0. The minimum Gasteiger partial charge on any atom is -0.494 e. The third-order valence-corrected chi connectivity index (χ3v) is 3.21. The molecule has 0 bridgehead atoms. The van der Waals surface area contributed by atoms with Crippen molar-refractivity contribution in [3.8, 4) is 11.5 Å². The summed E-state index contributed by atoms with van der Waals surface area (Å²) in [6.07, 6.45) is 1.78. The van der Waals surface area contributed by atoms with Crippen LogP contribution in [0.4, 0.5) is 5.69 Å². The van der Waals surface area contributed by atoms with E-state index in [1.165, 1.54) is 0 Å². The van der Waals surface area contributed by atoms with Gasteiger partial charge in [0.1, 0.15) is 11.5 Å². The molecule has 2 rings (SSSR count). The van der Waals surface area contributed by atoms with E-state index in [1.54, 1.807) is 6.21 Å². The fourth-order valence-corrected chi connectivity index (χ4v) is 2.11. The van der Waals surface area contributed by atoms with E-state index in [2.05, 4.69) is 10.3 Å². The van der Waals surface area contributed by atoms with Crippen molar-refractivity contribution in [2.75, 3.05) is 13.2 Å². The Morgan fingerprint density at radius 3 is 2.24 bits per heavy atom. The molecule has 0 heterocycles. The van der Waals surface area contributed by atoms with Crippen LogP contribution >= 0.6 is 0 Å². The molecule has 0 aliphatic rings. The number of hydrogen-bond acceptors (Lipinski definition) is 4. The van der Waals surface area contributed by atoms with E-state index in [4.69, 9.17) is 9.47 Å². The zero-order valence-electron chi connectivity index (χ0n) is 14.9. The zero-order chi connectivity index (χ0) is 18.1. The summed E-state index contributed by atoms with van der Waals surface area (Å²) >= 11 is 0. The molecule has 0 atom stereocenters. The highest BCUT2D eigenvalue weighted by atomic mass is 16.5. The number of amides is 1. The Morgan fingerprint density at radius 2 is 1.64 bits per heavy atom. The van der Waals surface area contributed by atoms with Crippen LogP contribution in [0.3, 0.4) is 0 Å². The molecule has 0 fully saturated rings. The smallest absolute Gasteiger partial charge is 0.258 e. The summed E-state index contributed by atoms with van der Waals surface area (Å²) in [6, 6.07) is 15.2. The van der Waals surface area contributed by atoms with Crippen LogP contribution in [0.1, 0.15) is 26.3 Å². The molecule has 0 aromatic heterocycles. The molecule has 0 spiro atoms. The number of hydrogen-bond donors (Lipinski definition) is 1. The molecule has 0 saturated heterocycles. The second-order valence-electron chi connectivity index (χ2n) is 5.77. The summed E-state index contributed by atoms with van der Waals surface area (Å²) in [4.78, 5) is 16.0. The highest BCUT2D eigenvalue weighted by Crippen LogP contribution is 2.18. The first kappa shape index (κ1) is 18.5. The molecule has 1 N–H and O–H groups in total. The Labute approximate surface area is 148 Å². The summed E-state index contributed by atoms with van der Waals surface area (Å²) in [5, 5.41) is 2.78. The second-order valence-corrected chi connectivity index (χ2v) is 5.77. The molecule has 0 aliphatic heterocycles. The molecular weight excluding hydrogens is 316 g/mol. The van der Waals surface area contributed by atoms with E-state index in [0.29, 0.717) is 12.4 Å². The van der Waals surface area contributed by atoms with Crippen LogP contribution in [0, 0.1) is 0 Å². The molecule has 2 aromatic carbocycles. The van der Waals surface area contributed by atoms with Gasteiger partial charge in [-0.3, -0.25) is 9.79 Å². The molecule has 0 unspecified atom stereocenters. The molecule has 25 heavy (non-hydrogen) atoms. The molecule has 5 nitrogen and oxygen atoms in total. The SMILES string of the molecule is CCOc1ccc(N=Cc2ccc(OCC(=O)NC(C)C)cc2)cc1. The summed E-state index contributed by atoms with van der Waals surface area (Å²) in [6.45, 7) is 6.44. The van der Waals surface area contributed by atoms with Gasteiger partial charge in [0.15, 0.2) is 6.61 Å². The fourth-order valence-electron chi connectivity index (χ4n) is 2.11. The summed E-state index contributed by atoms with van der Waals surface area (Å²) in [5.74, 6) is 1.36. The van der Waals surface area contributed by atoms with Crippen LogP contribution in [0.5, 0.6) is 11.5 Å². The van der Waals surface area contributed by atoms with E-state index >= 15 is 0 Å². The number of nitrogens with one attached hydrogen (secondary N) is 1. The first-order valence-electron chi connectivity index (χ1n) is 8.36. The fraction of sp³-hybridized carbons (Fsp3) is 0.300. The van der Waals surface area contributed by atoms with Gasteiger partial charge in [0, 0.05) is 12.3 Å². The van der Waals surface area contributed by atoms with Gasteiger partial charge in [0.2, 0.25) is 0 Å². The minimum absolute atomic E-state index is 0.0117. The Kier molecular flexibility index (Phi) is 7.01. The maximum Gasteiger partial charge on any atom is 0.258 e. The van der Waals surface area contributed by atoms with Gasteiger partial charge in [-0.15, -0.1) is 0 Å². The van der Waals surface area contributed by atoms with Gasteiger partial charge < -0.3 is 14.8 Å². The average molecular weight is 340 g/mol. The lowest BCUT2D eigenvalue weighted by molar-refractivity contribution is -0.123. The third-order valence-electron chi connectivity index (χ3n) is 3.21. The third kappa shape index (κ3) is 6.67. The van der Waals surface area contributed by atoms with Gasteiger partial charge in [-0.2, -0.15) is 0 Å². The quantitative estimate of drug-likeness (QED) is 0.745. The first-order valence-corrected chi connectivity index (χ1v) is 8.36. The molecule has 0 aliphatic carbocycles. The normalized spacial score (nSPS) is 10.9. The summed E-state index contributed by atoms with van der Waals surface area (Å²) < 4.78 is 10.9. The Hall–Kier alpha value is -2.82. The molecule has 1 amide bonds. The predicted molar refractivity (Wildman–Crippen MR) is 100 cm³/mol. The van der Waals surface area contributed by atoms with Crippen molar-refractivity contribution in [1.29, 1.82) is 0 Å². The Balaban J connectivity index is 1.88. The van der Waals surface area contributed by atoms with Gasteiger partial charge in [0.25, 0.3) is 5.91 Å². The van der Waals surface area contributed by atoms with Gasteiger partial charge >= 0.3 is 0 Å².